The average Bonchev–Trinajstić information content (AvgIpc) is 2.92. The summed E-state index contributed by atoms with van der Waals surface area (Å²) >= 11 is 5.24. The summed E-state index contributed by atoms with van der Waals surface area (Å²) in [5.74, 6) is 0.331. The van der Waals surface area contributed by atoms with Crippen molar-refractivity contribution in [2.75, 3.05) is 13.1 Å². The SMILES string of the molecule is CCCN(CC(F)F)C(=O)CCn1c(-c2cccc(C)c2)n[nH]c1=S. The van der Waals surface area contributed by atoms with Crippen molar-refractivity contribution in [1.82, 2.24) is 19.7 Å². The van der Waals surface area contributed by atoms with Crippen LogP contribution in [0.1, 0.15) is 25.3 Å². The van der Waals surface area contributed by atoms with Gasteiger partial charge in [-0.15, -0.1) is 0 Å². The van der Waals surface area contributed by atoms with Gasteiger partial charge in [0, 0.05) is 25.1 Å². The maximum atomic E-state index is 12.6. The van der Waals surface area contributed by atoms with E-state index in [9.17, 15) is 13.6 Å². The second-order valence-corrected chi connectivity index (χ2v) is 6.24. The maximum absolute atomic E-state index is 12.6. The Morgan fingerprint density at radius 3 is 2.84 bits per heavy atom. The van der Waals surface area contributed by atoms with Crippen LogP contribution < -0.4 is 0 Å². The summed E-state index contributed by atoms with van der Waals surface area (Å²) in [6, 6.07) is 7.79. The number of hydrogen-bond donors (Lipinski definition) is 1. The molecule has 1 heterocycles. The topological polar surface area (TPSA) is 53.9 Å². The van der Waals surface area contributed by atoms with Crippen LogP contribution in [0.25, 0.3) is 11.4 Å². The van der Waals surface area contributed by atoms with Crippen LogP contribution in [0.5, 0.6) is 0 Å². The van der Waals surface area contributed by atoms with Gasteiger partial charge in [-0.1, -0.05) is 30.7 Å². The standard InChI is InChI=1S/C17H22F2N4OS/c1-3-8-22(11-14(18)19)15(24)7-9-23-16(20-21-17(23)25)13-6-4-5-12(2)10-13/h4-6,10,14H,3,7-9,11H2,1-2H3,(H,21,25). The number of hydrogen-bond acceptors (Lipinski definition) is 3. The van der Waals surface area contributed by atoms with Crippen molar-refractivity contribution in [3.05, 3.63) is 34.6 Å². The number of aromatic nitrogens is 3. The number of amides is 1. The third-order valence-corrected chi connectivity index (χ3v) is 4.10. The van der Waals surface area contributed by atoms with Gasteiger partial charge < -0.3 is 4.90 Å². The number of nitrogens with zero attached hydrogens (tertiary/aromatic N) is 3. The fraction of sp³-hybridized carbons (Fsp3) is 0.471. The van der Waals surface area contributed by atoms with Crippen LogP contribution in [0.15, 0.2) is 24.3 Å². The highest BCUT2D eigenvalue weighted by molar-refractivity contribution is 7.71. The van der Waals surface area contributed by atoms with Gasteiger partial charge in [-0.3, -0.25) is 14.5 Å². The van der Waals surface area contributed by atoms with E-state index < -0.39 is 13.0 Å². The zero-order valence-corrected chi connectivity index (χ0v) is 15.2. The Morgan fingerprint density at radius 1 is 1.44 bits per heavy atom. The lowest BCUT2D eigenvalue weighted by Crippen LogP contribution is -2.36. The molecular formula is C17H22F2N4OS. The van der Waals surface area contributed by atoms with Crippen LogP contribution in [0.4, 0.5) is 8.78 Å². The van der Waals surface area contributed by atoms with Gasteiger partial charge >= 0.3 is 0 Å². The molecule has 1 amide bonds. The number of nitrogens with one attached hydrogen (secondary N) is 1. The Morgan fingerprint density at radius 2 is 2.20 bits per heavy atom. The van der Waals surface area contributed by atoms with Crippen LogP contribution in [-0.2, 0) is 11.3 Å². The highest BCUT2D eigenvalue weighted by atomic mass is 32.1. The summed E-state index contributed by atoms with van der Waals surface area (Å²) in [5.41, 5.74) is 1.97. The molecule has 0 spiro atoms. The molecule has 0 unspecified atom stereocenters. The lowest BCUT2D eigenvalue weighted by molar-refractivity contribution is -0.133. The van der Waals surface area contributed by atoms with Gasteiger partial charge in [0.25, 0.3) is 6.43 Å². The predicted molar refractivity (Wildman–Crippen MR) is 95.1 cm³/mol. The monoisotopic (exact) mass is 368 g/mol. The first kappa shape index (κ1) is 19.2. The second kappa shape index (κ2) is 8.84. The van der Waals surface area contributed by atoms with Crippen LogP contribution >= 0.6 is 12.2 Å². The van der Waals surface area contributed by atoms with Crippen molar-refractivity contribution in [3.63, 3.8) is 0 Å². The number of halogens is 2. The number of rotatable bonds is 8. The Hall–Kier alpha value is -2.09. The molecular weight excluding hydrogens is 346 g/mol. The van der Waals surface area contributed by atoms with Gasteiger partial charge in [-0.05, 0) is 31.6 Å². The molecule has 0 atom stereocenters. The molecule has 25 heavy (non-hydrogen) atoms. The number of H-pyrrole nitrogens is 1. The second-order valence-electron chi connectivity index (χ2n) is 5.85. The fourth-order valence-corrected chi connectivity index (χ4v) is 2.87. The maximum Gasteiger partial charge on any atom is 0.255 e. The van der Waals surface area contributed by atoms with E-state index in [0.717, 1.165) is 11.1 Å². The van der Waals surface area contributed by atoms with Crippen molar-refractivity contribution in [1.29, 1.82) is 0 Å². The first-order chi connectivity index (χ1) is 11.9. The lowest BCUT2D eigenvalue weighted by atomic mass is 10.1. The van der Waals surface area contributed by atoms with E-state index in [2.05, 4.69) is 10.2 Å². The zero-order valence-electron chi connectivity index (χ0n) is 14.3. The molecule has 2 rings (SSSR count). The van der Waals surface area contributed by atoms with E-state index in [1.54, 1.807) is 4.57 Å². The minimum absolute atomic E-state index is 0.0966. The van der Waals surface area contributed by atoms with E-state index in [1.807, 2.05) is 38.1 Å². The fourth-order valence-electron chi connectivity index (χ4n) is 2.65. The van der Waals surface area contributed by atoms with Gasteiger partial charge in [0.1, 0.15) is 0 Å². The quantitative estimate of drug-likeness (QED) is 0.721. The van der Waals surface area contributed by atoms with Gasteiger partial charge in [0.15, 0.2) is 10.6 Å². The molecule has 0 aliphatic rings. The van der Waals surface area contributed by atoms with E-state index in [0.29, 0.717) is 30.1 Å². The van der Waals surface area contributed by atoms with Gasteiger partial charge in [0.2, 0.25) is 5.91 Å². The predicted octanol–water partition coefficient (Wildman–Crippen LogP) is 3.81. The molecule has 0 saturated heterocycles. The van der Waals surface area contributed by atoms with Crippen molar-refractivity contribution in [2.24, 2.45) is 0 Å². The normalized spacial score (nSPS) is 11.1. The van der Waals surface area contributed by atoms with E-state index >= 15 is 0 Å². The molecule has 5 nitrogen and oxygen atoms in total. The van der Waals surface area contributed by atoms with Gasteiger partial charge in [0.05, 0.1) is 6.54 Å². The Bertz CT molecular complexity index is 772. The van der Waals surface area contributed by atoms with Crippen molar-refractivity contribution in [3.8, 4) is 11.4 Å². The van der Waals surface area contributed by atoms with Crippen LogP contribution in [0.2, 0.25) is 0 Å². The minimum atomic E-state index is -2.53. The average molecular weight is 368 g/mol. The lowest BCUT2D eigenvalue weighted by Gasteiger charge is -2.21. The summed E-state index contributed by atoms with van der Waals surface area (Å²) in [7, 11) is 0. The summed E-state index contributed by atoms with van der Waals surface area (Å²) in [6.07, 6.45) is -1.80. The zero-order chi connectivity index (χ0) is 18.4. The van der Waals surface area contributed by atoms with E-state index in [-0.39, 0.29) is 12.3 Å². The molecule has 0 aliphatic carbocycles. The largest absolute Gasteiger partial charge is 0.337 e. The molecule has 1 aromatic carbocycles. The van der Waals surface area contributed by atoms with Crippen molar-refractivity contribution in [2.45, 2.75) is 39.7 Å². The molecule has 0 radical (unpaired) electrons. The molecule has 1 aromatic heterocycles. The number of benzene rings is 1. The smallest absolute Gasteiger partial charge is 0.255 e. The van der Waals surface area contributed by atoms with Gasteiger partial charge in [-0.25, -0.2) is 8.78 Å². The molecule has 0 fully saturated rings. The van der Waals surface area contributed by atoms with Crippen LogP contribution in [0.3, 0.4) is 0 Å². The Balaban J connectivity index is 2.14. The molecule has 136 valence electrons. The molecule has 0 bridgehead atoms. The Kier molecular flexibility index (Phi) is 6.81. The number of carbonyl (C=O) groups is 1. The Labute approximate surface area is 150 Å². The summed E-state index contributed by atoms with van der Waals surface area (Å²) in [5, 5.41) is 6.97. The third-order valence-electron chi connectivity index (χ3n) is 3.79. The number of carbonyl (C=O) groups excluding carboxylic acids is 1. The van der Waals surface area contributed by atoms with Crippen molar-refractivity contribution >= 4 is 18.1 Å². The molecule has 0 aliphatic heterocycles. The highest BCUT2D eigenvalue weighted by Crippen LogP contribution is 2.19. The molecule has 2 aromatic rings. The van der Waals surface area contributed by atoms with Crippen molar-refractivity contribution < 1.29 is 13.6 Å². The van der Waals surface area contributed by atoms with E-state index in [4.69, 9.17) is 12.2 Å². The van der Waals surface area contributed by atoms with E-state index in [1.165, 1.54) is 4.90 Å². The summed E-state index contributed by atoms with van der Waals surface area (Å²) < 4.78 is 27.4. The highest BCUT2D eigenvalue weighted by Gasteiger charge is 2.18. The molecule has 8 heteroatoms. The third kappa shape index (κ3) is 5.19. The molecule has 0 saturated carbocycles. The van der Waals surface area contributed by atoms with Crippen LogP contribution in [0, 0.1) is 11.7 Å². The minimum Gasteiger partial charge on any atom is -0.337 e. The van der Waals surface area contributed by atoms with Crippen LogP contribution in [-0.4, -0.2) is 45.1 Å². The molecule has 1 N–H and O–H groups in total. The first-order valence-electron chi connectivity index (χ1n) is 8.20. The summed E-state index contributed by atoms with van der Waals surface area (Å²) in [4.78, 5) is 13.5. The first-order valence-corrected chi connectivity index (χ1v) is 8.61. The number of alkyl halides is 2. The summed E-state index contributed by atoms with van der Waals surface area (Å²) in [6.45, 7) is 3.92. The number of aromatic amines is 1. The van der Waals surface area contributed by atoms with Gasteiger partial charge in [-0.2, -0.15) is 5.10 Å². The number of aryl methyl sites for hydroxylation is 1.